The fourth-order valence-corrected chi connectivity index (χ4v) is 3.72. The van der Waals surface area contributed by atoms with Gasteiger partial charge < -0.3 is 9.47 Å². The summed E-state index contributed by atoms with van der Waals surface area (Å²) >= 11 is 2.26. The molecule has 0 aliphatic carbocycles. The molecule has 0 radical (unpaired) electrons. The Morgan fingerprint density at radius 2 is 1.79 bits per heavy atom. The van der Waals surface area contributed by atoms with Gasteiger partial charge in [0, 0.05) is 0 Å². The minimum Gasteiger partial charge on any atom is -0.490 e. The lowest BCUT2D eigenvalue weighted by Crippen LogP contribution is -2.03. The highest BCUT2D eigenvalue weighted by Gasteiger charge is 2.12. The average molecular weight is 498 g/mol. The van der Waals surface area contributed by atoms with Crippen LogP contribution in [0.3, 0.4) is 0 Å². The van der Waals surface area contributed by atoms with E-state index in [4.69, 9.17) is 9.47 Å². The molecule has 0 saturated carbocycles. The van der Waals surface area contributed by atoms with Gasteiger partial charge >= 0.3 is 0 Å². The molecule has 29 heavy (non-hydrogen) atoms. The number of hydrogen-bond acceptors (Lipinski definition) is 5. The van der Waals surface area contributed by atoms with E-state index >= 15 is 0 Å². The predicted molar refractivity (Wildman–Crippen MR) is 122 cm³/mol. The van der Waals surface area contributed by atoms with E-state index < -0.39 is 0 Å². The van der Waals surface area contributed by atoms with Gasteiger partial charge in [0.1, 0.15) is 19.3 Å². The van der Waals surface area contributed by atoms with Crippen molar-refractivity contribution in [2.45, 2.75) is 13.5 Å². The molecular formula is C22H19IN4O2. The molecule has 0 amide bonds. The quantitative estimate of drug-likeness (QED) is 0.269. The fraction of sp³-hybridized carbons (Fsp3) is 0.136. The number of hydrogen-bond donors (Lipinski definition) is 0. The third kappa shape index (κ3) is 4.73. The van der Waals surface area contributed by atoms with Crippen molar-refractivity contribution in [3.63, 3.8) is 0 Å². The van der Waals surface area contributed by atoms with Gasteiger partial charge in [-0.3, -0.25) is 0 Å². The number of aromatic nitrogens is 3. The highest BCUT2D eigenvalue weighted by molar-refractivity contribution is 14.1. The van der Waals surface area contributed by atoms with E-state index in [-0.39, 0.29) is 0 Å². The molecule has 7 heteroatoms. The van der Waals surface area contributed by atoms with E-state index in [0.29, 0.717) is 19.0 Å². The average Bonchev–Trinajstić information content (AvgIpc) is 3.25. The minimum atomic E-state index is 0.467. The number of ether oxygens (including phenoxy) is 2. The molecule has 0 bridgehead atoms. The zero-order chi connectivity index (χ0) is 20.1. The Morgan fingerprint density at radius 3 is 2.59 bits per heavy atom. The molecule has 0 unspecified atom stereocenters. The van der Waals surface area contributed by atoms with Crippen LogP contribution >= 0.6 is 22.6 Å². The highest BCUT2D eigenvalue weighted by Crippen LogP contribution is 2.34. The summed E-state index contributed by atoms with van der Waals surface area (Å²) in [6.45, 7) is 2.97. The molecule has 0 aliphatic rings. The number of nitrogens with zero attached hydrogens (tertiary/aromatic N) is 4. The lowest BCUT2D eigenvalue weighted by molar-refractivity contribution is 0.267. The van der Waals surface area contributed by atoms with Gasteiger partial charge in [-0.1, -0.05) is 36.4 Å². The van der Waals surface area contributed by atoms with Gasteiger partial charge in [-0.05, 0) is 69.6 Å². The van der Waals surface area contributed by atoms with Crippen LogP contribution in [-0.4, -0.2) is 27.7 Å². The Morgan fingerprint density at radius 1 is 1.00 bits per heavy atom. The Balaban J connectivity index is 1.56. The molecule has 0 aliphatic heterocycles. The number of halogens is 1. The van der Waals surface area contributed by atoms with Gasteiger partial charge in [-0.2, -0.15) is 5.10 Å². The fourth-order valence-electron chi connectivity index (χ4n) is 2.94. The Kier molecular flexibility index (Phi) is 6.04. The summed E-state index contributed by atoms with van der Waals surface area (Å²) in [5.74, 6) is 1.44. The molecule has 6 nitrogen and oxygen atoms in total. The first-order valence-corrected chi connectivity index (χ1v) is 10.3. The molecule has 1 aromatic heterocycles. The Hall–Kier alpha value is -2.94. The van der Waals surface area contributed by atoms with Crippen LogP contribution in [0.25, 0.3) is 10.8 Å². The summed E-state index contributed by atoms with van der Waals surface area (Å²) in [6.07, 6.45) is 4.80. The van der Waals surface area contributed by atoms with E-state index in [1.165, 1.54) is 28.1 Å². The second-order valence-corrected chi connectivity index (χ2v) is 7.48. The zero-order valence-corrected chi connectivity index (χ0v) is 18.0. The van der Waals surface area contributed by atoms with Crippen molar-refractivity contribution in [3.05, 3.63) is 81.9 Å². The van der Waals surface area contributed by atoms with Crippen molar-refractivity contribution in [2.24, 2.45) is 5.10 Å². The molecule has 0 spiro atoms. The van der Waals surface area contributed by atoms with Gasteiger partial charge in [0.15, 0.2) is 11.5 Å². The van der Waals surface area contributed by atoms with Crippen LogP contribution in [-0.2, 0) is 6.61 Å². The molecule has 0 atom stereocenters. The first-order valence-electron chi connectivity index (χ1n) is 9.18. The normalized spacial score (nSPS) is 11.2. The smallest absolute Gasteiger partial charge is 0.175 e. The summed E-state index contributed by atoms with van der Waals surface area (Å²) in [5, 5.41) is 14.2. The van der Waals surface area contributed by atoms with E-state index in [2.05, 4.69) is 68.2 Å². The molecule has 4 aromatic rings. The first-order chi connectivity index (χ1) is 14.2. The summed E-state index contributed by atoms with van der Waals surface area (Å²) in [4.78, 5) is 0. The Bertz CT molecular complexity index is 1140. The Labute approximate surface area is 182 Å². The van der Waals surface area contributed by atoms with Crippen LogP contribution in [0.2, 0.25) is 0 Å². The predicted octanol–water partition coefficient (Wildman–Crippen LogP) is 4.90. The molecular weight excluding hydrogens is 479 g/mol. The van der Waals surface area contributed by atoms with Crippen molar-refractivity contribution in [2.75, 3.05) is 6.61 Å². The van der Waals surface area contributed by atoms with Crippen LogP contribution in [0.5, 0.6) is 11.5 Å². The third-order valence-electron chi connectivity index (χ3n) is 4.28. The van der Waals surface area contributed by atoms with Gasteiger partial charge in [0.25, 0.3) is 0 Å². The molecule has 3 aromatic carbocycles. The number of fused-ring (bicyclic) bond motifs is 1. The van der Waals surface area contributed by atoms with Crippen LogP contribution < -0.4 is 9.47 Å². The standard InChI is InChI=1S/C22H19IN4O2/c1-2-28-21-11-17(12-26-27-14-24-25-15-27)10-20(23)22(21)29-13-16-7-8-18-5-3-4-6-19(18)9-16/h3-12,14-15H,2,13H2,1H3/b26-12-. The molecule has 4 rings (SSSR count). The van der Waals surface area contributed by atoms with Crippen LogP contribution in [0.4, 0.5) is 0 Å². The number of benzene rings is 3. The van der Waals surface area contributed by atoms with E-state index in [9.17, 15) is 0 Å². The monoisotopic (exact) mass is 498 g/mol. The lowest BCUT2D eigenvalue weighted by Gasteiger charge is -2.15. The third-order valence-corrected chi connectivity index (χ3v) is 5.08. The van der Waals surface area contributed by atoms with Crippen LogP contribution in [0.1, 0.15) is 18.1 Å². The topological polar surface area (TPSA) is 61.5 Å². The maximum absolute atomic E-state index is 6.16. The molecule has 0 saturated heterocycles. The van der Waals surface area contributed by atoms with Crippen molar-refractivity contribution < 1.29 is 9.47 Å². The van der Waals surface area contributed by atoms with E-state index in [1.807, 2.05) is 31.2 Å². The second kappa shape index (κ2) is 9.04. The largest absolute Gasteiger partial charge is 0.490 e. The van der Waals surface area contributed by atoms with Crippen LogP contribution in [0, 0.1) is 3.57 Å². The summed E-state index contributed by atoms with van der Waals surface area (Å²) in [6, 6.07) is 18.6. The second-order valence-electron chi connectivity index (χ2n) is 6.32. The van der Waals surface area contributed by atoms with Crippen molar-refractivity contribution in [1.29, 1.82) is 0 Å². The summed E-state index contributed by atoms with van der Waals surface area (Å²) < 4.78 is 14.5. The zero-order valence-electron chi connectivity index (χ0n) is 15.8. The molecule has 1 heterocycles. The molecule has 0 N–H and O–H groups in total. The van der Waals surface area contributed by atoms with Crippen molar-refractivity contribution >= 4 is 39.6 Å². The summed E-state index contributed by atoms with van der Waals surface area (Å²) in [7, 11) is 0. The van der Waals surface area contributed by atoms with Gasteiger partial charge in [-0.15, -0.1) is 10.2 Å². The van der Waals surface area contributed by atoms with Crippen molar-refractivity contribution in [1.82, 2.24) is 14.9 Å². The lowest BCUT2D eigenvalue weighted by atomic mass is 10.1. The molecule has 0 fully saturated rings. The maximum atomic E-state index is 6.16. The number of rotatable bonds is 7. The van der Waals surface area contributed by atoms with E-state index in [1.54, 1.807) is 6.21 Å². The first kappa shape index (κ1) is 19.4. The SMILES string of the molecule is CCOc1cc(/C=N\n2cnnc2)cc(I)c1OCc1ccc2ccccc2c1. The van der Waals surface area contributed by atoms with Crippen LogP contribution in [0.15, 0.2) is 72.4 Å². The molecule has 146 valence electrons. The summed E-state index contributed by atoms with van der Waals surface area (Å²) in [5.41, 5.74) is 2.02. The van der Waals surface area contributed by atoms with Gasteiger partial charge in [-0.25, -0.2) is 4.68 Å². The van der Waals surface area contributed by atoms with Gasteiger partial charge in [0.05, 0.1) is 16.4 Å². The van der Waals surface area contributed by atoms with Gasteiger partial charge in [0.2, 0.25) is 0 Å². The maximum Gasteiger partial charge on any atom is 0.175 e. The van der Waals surface area contributed by atoms with Crippen molar-refractivity contribution in [3.8, 4) is 11.5 Å². The van der Waals surface area contributed by atoms with E-state index in [0.717, 1.165) is 20.4 Å². The highest BCUT2D eigenvalue weighted by atomic mass is 127. The minimum absolute atomic E-state index is 0.467.